The van der Waals surface area contributed by atoms with Crippen LogP contribution in [0.2, 0.25) is 0 Å². The maximum absolute atomic E-state index is 13.3. The minimum atomic E-state index is -1.70. The Hall–Kier alpha value is -6.13. The molecule has 1 aromatic heterocycles. The van der Waals surface area contributed by atoms with E-state index >= 15 is 0 Å². The molecule has 1 heterocycles. The molecule has 16 N–H and O–H groups in total. The smallest absolute Gasteiger partial charge is 0.326 e. The lowest BCUT2D eigenvalue weighted by molar-refractivity contribution is -0.143. The summed E-state index contributed by atoms with van der Waals surface area (Å²) in [6.45, 7) is 0.673. The number of carboxylic acid groups (broad SMARTS) is 1. The first-order valence-electron chi connectivity index (χ1n) is 16.0. The highest BCUT2D eigenvalue weighted by Crippen LogP contribution is 2.19. The number of hydrogen-bond donors (Lipinski definition) is 13. The van der Waals surface area contributed by atoms with Crippen LogP contribution in [0.4, 0.5) is 0 Å². The Balaban J connectivity index is 2.12. The number of nitrogens with two attached hydrogens (primary N) is 3. The second-order valence-corrected chi connectivity index (χ2v) is 11.9. The predicted octanol–water partition coefficient (Wildman–Crippen LogP) is -6.19. The Labute approximate surface area is 301 Å². The number of carbonyl (C=O) groups excluding carboxylic acids is 8. The summed E-state index contributed by atoms with van der Waals surface area (Å²) in [5, 5.41) is 42.4. The Morgan fingerprint density at radius 3 is 1.68 bits per heavy atom. The lowest BCUT2D eigenvalue weighted by Crippen LogP contribution is -2.60. The molecule has 1 aromatic carbocycles. The molecule has 0 aliphatic rings. The van der Waals surface area contributed by atoms with Crippen molar-refractivity contribution in [3.63, 3.8) is 0 Å². The zero-order valence-corrected chi connectivity index (χ0v) is 28.7. The van der Waals surface area contributed by atoms with E-state index < -0.39 is 122 Å². The number of benzene rings is 1. The Morgan fingerprint density at radius 2 is 1.11 bits per heavy atom. The van der Waals surface area contributed by atoms with Gasteiger partial charge in [-0.2, -0.15) is 0 Å². The summed E-state index contributed by atoms with van der Waals surface area (Å²) in [6.07, 6.45) is -0.0146. The van der Waals surface area contributed by atoms with Gasteiger partial charge in [-0.05, 0) is 25.5 Å². The number of primary amides is 2. The number of rotatable bonds is 21. The molecule has 0 unspecified atom stereocenters. The van der Waals surface area contributed by atoms with Crippen LogP contribution in [-0.4, -0.2) is 129 Å². The second kappa shape index (κ2) is 20.0. The first-order chi connectivity index (χ1) is 24.9. The van der Waals surface area contributed by atoms with E-state index in [1.165, 1.54) is 13.8 Å². The zero-order valence-electron chi connectivity index (χ0n) is 28.7. The van der Waals surface area contributed by atoms with Crippen molar-refractivity contribution < 1.29 is 58.5 Å². The van der Waals surface area contributed by atoms with Crippen LogP contribution < -0.4 is 49.1 Å². The quantitative estimate of drug-likeness (QED) is 0.0566. The zero-order chi connectivity index (χ0) is 40.0. The molecule has 8 amide bonds. The van der Waals surface area contributed by atoms with Gasteiger partial charge in [0, 0.05) is 23.5 Å². The molecule has 290 valence electrons. The van der Waals surface area contributed by atoms with Crippen LogP contribution in [0, 0.1) is 0 Å². The third-order valence-corrected chi connectivity index (χ3v) is 7.64. The largest absolute Gasteiger partial charge is 0.480 e. The molecule has 53 heavy (non-hydrogen) atoms. The maximum atomic E-state index is 13.3. The summed E-state index contributed by atoms with van der Waals surface area (Å²) in [5.74, 6) is -9.59. The Morgan fingerprint density at radius 1 is 0.642 bits per heavy atom. The minimum Gasteiger partial charge on any atom is -0.480 e. The van der Waals surface area contributed by atoms with Crippen molar-refractivity contribution >= 4 is 64.1 Å². The van der Waals surface area contributed by atoms with Crippen molar-refractivity contribution in [3.05, 3.63) is 36.0 Å². The molecule has 0 saturated heterocycles. The number of carbonyl (C=O) groups is 9. The summed E-state index contributed by atoms with van der Waals surface area (Å²) < 4.78 is 0. The fraction of sp³-hybridized carbons (Fsp3) is 0.452. The van der Waals surface area contributed by atoms with Crippen LogP contribution in [0.1, 0.15) is 32.3 Å². The summed E-state index contributed by atoms with van der Waals surface area (Å²) in [7, 11) is 0. The number of aromatic amines is 1. The number of para-hydroxylation sites is 1. The lowest BCUT2D eigenvalue weighted by atomic mass is 10.0. The van der Waals surface area contributed by atoms with Crippen LogP contribution in [0.15, 0.2) is 30.5 Å². The third-order valence-electron chi connectivity index (χ3n) is 7.64. The normalized spacial score (nSPS) is 14.9. The van der Waals surface area contributed by atoms with Crippen molar-refractivity contribution in [2.24, 2.45) is 17.2 Å². The van der Waals surface area contributed by atoms with E-state index in [2.05, 4.69) is 36.9 Å². The van der Waals surface area contributed by atoms with Crippen molar-refractivity contribution in [1.29, 1.82) is 0 Å². The standard InChI is InChI=1S/C31H44N10O12/c1-13(37-30(51)22(12-43)41-29(50)20(8-23(33)44)39-27(48)17(32)11-42)25(46)36-14(2)26(47)38-19(28(49)40-21(31(52)53)9-24(34)45)7-15-10-35-18-6-4-3-5-16(15)18/h3-6,10,13-14,17,19-22,35,42-43H,7-9,11-12,32H2,1-2H3,(H2,33,44)(H2,34,45)(H,36,46)(H,37,51)(H,38,47)(H,39,48)(H,40,49)(H,41,50)(H,52,53)/t13-,14-,17-,19-,20-,21-,22-/m0/s1. The van der Waals surface area contributed by atoms with E-state index in [4.69, 9.17) is 22.3 Å². The van der Waals surface area contributed by atoms with Crippen LogP contribution in [0.3, 0.4) is 0 Å². The van der Waals surface area contributed by atoms with Gasteiger partial charge in [-0.15, -0.1) is 0 Å². The maximum Gasteiger partial charge on any atom is 0.326 e. The van der Waals surface area contributed by atoms with Crippen LogP contribution in [0.25, 0.3) is 10.9 Å². The highest BCUT2D eigenvalue weighted by atomic mass is 16.4. The number of aliphatic hydroxyl groups excluding tert-OH is 2. The molecule has 2 rings (SSSR count). The van der Waals surface area contributed by atoms with E-state index in [1.54, 1.807) is 30.5 Å². The minimum absolute atomic E-state index is 0.149. The average Bonchev–Trinajstić information content (AvgIpc) is 3.50. The van der Waals surface area contributed by atoms with Gasteiger partial charge in [-0.25, -0.2) is 4.79 Å². The molecule has 0 aliphatic carbocycles. The number of hydrogen-bond acceptors (Lipinski definition) is 12. The van der Waals surface area contributed by atoms with Crippen molar-refractivity contribution in [2.75, 3.05) is 13.2 Å². The lowest BCUT2D eigenvalue weighted by Gasteiger charge is -2.25. The fourth-order valence-electron chi connectivity index (χ4n) is 4.72. The fourth-order valence-corrected chi connectivity index (χ4v) is 4.72. The summed E-state index contributed by atoms with van der Waals surface area (Å²) in [4.78, 5) is 115. The number of carboxylic acids is 1. The van der Waals surface area contributed by atoms with E-state index in [-0.39, 0.29) is 6.42 Å². The van der Waals surface area contributed by atoms with Gasteiger partial charge in [-0.1, -0.05) is 18.2 Å². The third kappa shape index (κ3) is 13.2. The molecule has 22 heteroatoms. The molecule has 0 bridgehead atoms. The monoisotopic (exact) mass is 748 g/mol. The molecular weight excluding hydrogens is 704 g/mol. The van der Waals surface area contributed by atoms with Gasteiger partial charge in [0.2, 0.25) is 47.3 Å². The molecule has 7 atom stereocenters. The van der Waals surface area contributed by atoms with E-state index in [9.17, 15) is 53.4 Å². The molecule has 0 fully saturated rings. The van der Waals surface area contributed by atoms with Crippen molar-refractivity contribution in [1.82, 2.24) is 36.9 Å². The van der Waals surface area contributed by atoms with E-state index in [1.807, 2.05) is 0 Å². The highest BCUT2D eigenvalue weighted by molar-refractivity contribution is 5.98. The average molecular weight is 749 g/mol. The molecule has 0 aliphatic heterocycles. The van der Waals surface area contributed by atoms with Crippen LogP contribution in [-0.2, 0) is 49.6 Å². The van der Waals surface area contributed by atoms with Gasteiger partial charge in [0.15, 0.2) is 0 Å². The summed E-state index contributed by atoms with van der Waals surface area (Å²) in [5.41, 5.74) is 16.9. The molecular formula is C31H44N10O12. The summed E-state index contributed by atoms with van der Waals surface area (Å²) >= 11 is 0. The predicted molar refractivity (Wildman–Crippen MR) is 182 cm³/mol. The molecule has 22 nitrogen and oxygen atoms in total. The SMILES string of the molecule is C[C@H](NC(=O)[C@H](C)NC(=O)[C@H](CO)NC(=O)[C@H](CC(N)=O)NC(=O)[C@@H](N)CO)C(=O)N[C@@H](Cc1c[nH]c2ccccc12)C(=O)N[C@@H](CC(N)=O)C(=O)O. The Bertz CT molecular complexity index is 1700. The molecule has 0 spiro atoms. The van der Waals surface area contributed by atoms with Gasteiger partial charge in [-0.3, -0.25) is 38.4 Å². The van der Waals surface area contributed by atoms with Crippen LogP contribution >= 0.6 is 0 Å². The summed E-state index contributed by atoms with van der Waals surface area (Å²) in [6, 6.07) is -3.60. The second-order valence-electron chi connectivity index (χ2n) is 11.9. The first-order valence-corrected chi connectivity index (χ1v) is 16.0. The molecule has 2 aromatic rings. The highest BCUT2D eigenvalue weighted by Gasteiger charge is 2.32. The first kappa shape index (κ1) is 43.0. The number of aliphatic hydroxyl groups is 2. The van der Waals surface area contributed by atoms with Gasteiger partial charge in [0.1, 0.15) is 42.3 Å². The van der Waals surface area contributed by atoms with Gasteiger partial charge in [0.05, 0.1) is 26.1 Å². The van der Waals surface area contributed by atoms with Gasteiger partial charge < -0.3 is 69.4 Å². The number of aromatic nitrogens is 1. The molecule has 0 saturated carbocycles. The van der Waals surface area contributed by atoms with Gasteiger partial charge >= 0.3 is 5.97 Å². The number of aliphatic carboxylic acids is 1. The number of fused-ring (bicyclic) bond motifs is 1. The topological polar surface area (TPSA) is 380 Å². The number of nitrogens with one attached hydrogen (secondary N) is 7. The van der Waals surface area contributed by atoms with Gasteiger partial charge in [0.25, 0.3) is 0 Å². The van der Waals surface area contributed by atoms with Crippen molar-refractivity contribution in [2.45, 2.75) is 75.4 Å². The number of amides is 8. The Kier molecular flexibility index (Phi) is 16.3. The van der Waals surface area contributed by atoms with E-state index in [0.29, 0.717) is 16.5 Å². The van der Waals surface area contributed by atoms with Crippen LogP contribution in [0.5, 0.6) is 0 Å². The van der Waals surface area contributed by atoms with Crippen molar-refractivity contribution in [3.8, 4) is 0 Å². The molecule has 0 radical (unpaired) electrons. The van der Waals surface area contributed by atoms with E-state index in [0.717, 1.165) is 0 Å². The number of H-pyrrole nitrogens is 1.